The molecule has 0 aliphatic carbocycles. The molecule has 1 atom stereocenters. The van der Waals surface area contributed by atoms with Gasteiger partial charge in [0.05, 0.1) is 12.7 Å². The van der Waals surface area contributed by atoms with Crippen molar-refractivity contribution in [1.29, 1.82) is 0 Å². The predicted octanol–water partition coefficient (Wildman–Crippen LogP) is 2.11. The molecule has 0 spiro atoms. The summed E-state index contributed by atoms with van der Waals surface area (Å²) in [4.78, 5) is 5.91. The third-order valence-corrected chi connectivity index (χ3v) is 5.66. The van der Waals surface area contributed by atoms with E-state index in [4.69, 9.17) is 5.73 Å². The number of nitrogens with two attached hydrogens (primary N) is 1. The number of hydrogen-bond acceptors (Lipinski definition) is 7. The maximum Gasteiger partial charge on any atom is 0.405 e. The van der Waals surface area contributed by atoms with Crippen LogP contribution >= 0.6 is 0 Å². The highest BCUT2D eigenvalue weighted by atomic mass is 19.4. The molecule has 1 aliphatic rings. The molecule has 1 saturated heterocycles. The normalized spacial score (nSPS) is 17.1. The topological polar surface area (TPSA) is 114 Å². The molecule has 0 saturated carbocycles. The number of pyridine rings is 1. The summed E-state index contributed by atoms with van der Waals surface area (Å²) in [6.45, 7) is 1.20. The van der Waals surface area contributed by atoms with Crippen LogP contribution in [0.1, 0.15) is 16.7 Å². The quantitative estimate of drug-likeness (QED) is 0.421. The van der Waals surface area contributed by atoms with Gasteiger partial charge in [0.15, 0.2) is 0 Å². The first-order valence-electron chi connectivity index (χ1n) is 10.5. The number of H-pyrrole nitrogens is 1. The molecule has 1 fully saturated rings. The molecule has 0 amide bonds. The van der Waals surface area contributed by atoms with E-state index in [1.807, 2.05) is 30.5 Å². The minimum absolute atomic E-state index is 0.107. The van der Waals surface area contributed by atoms with Gasteiger partial charge in [-0.2, -0.15) is 28.6 Å². The van der Waals surface area contributed by atoms with Crippen molar-refractivity contribution in [3.05, 3.63) is 59.4 Å². The number of hydrogen-bond donors (Lipinski definition) is 3. The first kappa shape index (κ1) is 21.2. The van der Waals surface area contributed by atoms with Crippen molar-refractivity contribution < 1.29 is 13.2 Å². The zero-order valence-electron chi connectivity index (χ0n) is 17.5. The number of piperazine rings is 1. The molecule has 4 heterocycles. The lowest BCUT2D eigenvalue weighted by molar-refractivity contribution is -0.155. The minimum Gasteiger partial charge on any atom is -0.384 e. The highest BCUT2D eigenvalue weighted by Gasteiger charge is 2.42. The Morgan fingerprint density at radius 2 is 2.03 bits per heavy atom. The Labute approximate surface area is 186 Å². The van der Waals surface area contributed by atoms with Gasteiger partial charge in [0.1, 0.15) is 17.4 Å². The molecule has 1 aromatic carbocycles. The molecule has 0 radical (unpaired) electrons. The summed E-state index contributed by atoms with van der Waals surface area (Å²) in [5.41, 5.74) is 10.6. The van der Waals surface area contributed by atoms with E-state index in [1.54, 1.807) is 21.8 Å². The number of rotatable bonds is 5. The number of alkyl halides is 3. The van der Waals surface area contributed by atoms with Crippen molar-refractivity contribution in [1.82, 2.24) is 35.5 Å². The molecular weight excluding hydrogens is 435 g/mol. The lowest BCUT2D eigenvalue weighted by atomic mass is 10.1. The summed E-state index contributed by atoms with van der Waals surface area (Å²) in [7, 11) is 0. The monoisotopic (exact) mass is 457 g/mol. The Bertz CT molecular complexity index is 1260. The molecule has 12 heteroatoms. The van der Waals surface area contributed by atoms with Crippen molar-refractivity contribution in [2.45, 2.75) is 25.2 Å². The van der Waals surface area contributed by atoms with E-state index in [0.29, 0.717) is 36.5 Å². The number of aromatic nitrogens is 6. The highest BCUT2D eigenvalue weighted by molar-refractivity contribution is 5.76. The predicted molar refractivity (Wildman–Crippen MR) is 117 cm³/mol. The molecule has 172 valence electrons. The molecule has 5 rings (SSSR count). The van der Waals surface area contributed by atoms with Gasteiger partial charge in [-0.05, 0) is 34.9 Å². The largest absolute Gasteiger partial charge is 0.405 e. The lowest BCUT2D eigenvalue weighted by Gasteiger charge is -2.36. The van der Waals surface area contributed by atoms with Crippen LogP contribution in [0.15, 0.2) is 42.7 Å². The van der Waals surface area contributed by atoms with Gasteiger partial charge >= 0.3 is 6.18 Å². The van der Waals surface area contributed by atoms with E-state index in [-0.39, 0.29) is 13.1 Å². The first-order chi connectivity index (χ1) is 15.8. The standard InChI is InChI=1S/C21H22F3N9/c22-21(23,24)17-12-32(5-4-26-17)16-3-1-2-13(7-16)10-33-11-14(9-27-33)6-15-8-18(25)28-20-19(15)29-31-30-20/h1-3,7-9,11,17,26H,4-6,10,12H2,(H3,25,28,29,30,31). The molecule has 9 nitrogen and oxygen atoms in total. The Balaban J connectivity index is 1.29. The van der Waals surface area contributed by atoms with Crippen LogP contribution in [-0.4, -0.2) is 62.0 Å². The third kappa shape index (κ3) is 4.60. The second-order valence-corrected chi connectivity index (χ2v) is 8.09. The SMILES string of the molecule is Nc1cc(Cc2cnn(Cc3cccc(N4CCNC(C(F)(F)F)C4)c3)c2)c2n[nH]nc2n1. The van der Waals surface area contributed by atoms with E-state index in [1.165, 1.54) is 0 Å². The van der Waals surface area contributed by atoms with Crippen molar-refractivity contribution in [2.24, 2.45) is 0 Å². The average molecular weight is 457 g/mol. The number of anilines is 2. The Kier molecular flexibility index (Phi) is 5.36. The first-order valence-corrected chi connectivity index (χ1v) is 10.5. The van der Waals surface area contributed by atoms with Gasteiger partial charge in [-0.25, -0.2) is 4.98 Å². The van der Waals surface area contributed by atoms with Gasteiger partial charge in [0, 0.05) is 37.9 Å². The van der Waals surface area contributed by atoms with Gasteiger partial charge in [0.25, 0.3) is 0 Å². The van der Waals surface area contributed by atoms with Crippen LogP contribution in [0, 0.1) is 0 Å². The highest BCUT2D eigenvalue weighted by Crippen LogP contribution is 2.26. The molecule has 0 bridgehead atoms. The van der Waals surface area contributed by atoms with Crippen LogP contribution in [0.5, 0.6) is 0 Å². The number of nitrogens with zero attached hydrogens (tertiary/aromatic N) is 6. The van der Waals surface area contributed by atoms with Crippen LogP contribution in [0.25, 0.3) is 11.2 Å². The van der Waals surface area contributed by atoms with Crippen LogP contribution in [0.3, 0.4) is 0 Å². The van der Waals surface area contributed by atoms with Crippen molar-refractivity contribution >= 4 is 22.7 Å². The number of fused-ring (bicyclic) bond motifs is 1. The van der Waals surface area contributed by atoms with E-state index < -0.39 is 12.2 Å². The van der Waals surface area contributed by atoms with Gasteiger partial charge in [0.2, 0.25) is 5.65 Å². The Hall–Kier alpha value is -3.67. The molecule has 33 heavy (non-hydrogen) atoms. The van der Waals surface area contributed by atoms with Gasteiger partial charge in [-0.15, -0.1) is 5.10 Å². The van der Waals surface area contributed by atoms with Crippen LogP contribution in [0.2, 0.25) is 0 Å². The van der Waals surface area contributed by atoms with Crippen LogP contribution in [-0.2, 0) is 13.0 Å². The Morgan fingerprint density at radius 3 is 2.88 bits per heavy atom. The van der Waals surface area contributed by atoms with Crippen LogP contribution < -0.4 is 16.0 Å². The van der Waals surface area contributed by atoms with Crippen molar-refractivity contribution in [3.63, 3.8) is 0 Å². The number of halogens is 3. The summed E-state index contributed by atoms with van der Waals surface area (Å²) in [6, 6.07) is 7.81. The zero-order valence-corrected chi connectivity index (χ0v) is 17.5. The molecule has 1 unspecified atom stereocenters. The maximum absolute atomic E-state index is 13.1. The van der Waals surface area contributed by atoms with Gasteiger partial charge < -0.3 is 16.0 Å². The molecule has 4 aromatic rings. The molecular formula is C21H22F3N9. The average Bonchev–Trinajstić information content (AvgIpc) is 3.43. The second kappa shape index (κ2) is 8.35. The second-order valence-electron chi connectivity index (χ2n) is 8.09. The number of nitrogens with one attached hydrogen (secondary N) is 2. The van der Waals surface area contributed by atoms with Crippen molar-refractivity contribution in [2.75, 3.05) is 30.3 Å². The number of nitrogen functional groups attached to an aromatic ring is 1. The van der Waals surface area contributed by atoms with Crippen LogP contribution in [0.4, 0.5) is 24.7 Å². The van der Waals surface area contributed by atoms with Gasteiger partial charge in [-0.3, -0.25) is 4.68 Å². The van der Waals surface area contributed by atoms with E-state index in [2.05, 4.69) is 30.8 Å². The number of benzene rings is 1. The van der Waals surface area contributed by atoms with Gasteiger partial charge in [-0.1, -0.05) is 12.1 Å². The lowest BCUT2D eigenvalue weighted by Crippen LogP contribution is -2.57. The summed E-state index contributed by atoms with van der Waals surface area (Å²) in [5, 5.41) is 17.7. The fourth-order valence-corrected chi connectivity index (χ4v) is 4.10. The van der Waals surface area contributed by atoms with Crippen molar-refractivity contribution in [3.8, 4) is 0 Å². The summed E-state index contributed by atoms with van der Waals surface area (Å²) >= 11 is 0. The fraction of sp³-hybridized carbons (Fsp3) is 0.333. The summed E-state index contributed by atoms with van der Waals surface area (Å²) in [6.07, 6.45) is 0.00447. The zero-order chi connectivity index (χ0) is 23.0. The summed E-state index contributed by atoms with van der Waals surface area (Å²) in [5.74, 6) is 0.372. The maximum atomic E-state index is 13.1. The summed E-state index contributed by atoms with van der Waals surface area (Å²) < 4.78 is 41.2. The molecule has 4 N–H and O–H groups in total. The van der Waals surface area contributed by atoms with E-state index in [9.17, 15) is 13.2 Å². The Morgan fingerprint density at radius 1 is 1.15 bits per heavy atom. The minimum atomic E-state index is -4.27. The molecule has 3 aromatic heterocycles. The van der Waals surface area contributed by atoms with E-state index >= 15 is 0 Å². The third-order valence-electron chi connectivity index (χ3n) is 5.66. The number of aromatic amines is 1. The fourth-order valence-electron chi connectivity index (χ4n) is 4.10. The molecule has 1 aliphatic heterocycles. The van der Waals surface area contributed by atoms with E-state index in [0.717, 1.165) is 22.4 Å². The smallest absolute Gasteiger partial charge is 0.384 e.